The van der Waals surface area contributed by atoms with Gasteiger partial charge in [-0.15, -0.1) is 0 Å². The number of hydrogen-bond acceptors (Lipinski definition) is 3. The molecule has 0 saturated carbocycles. The number of rotatable bonds is 4. The van der Waals surface area contributed by atoms with Gasteiger partial charge in [-0.2, -0.15) is 0 Å². The SMILES string of the molecule is Cc1cc2nc(C3=C(O)CN(CCc4ccccc4)C3=N)[nH]c2cc1C. The highest BCUT2D eigenvalue weighted by Crippen LogP contribution is 2.28. The molecule has 0 fully saturated rings. The van der Waals surface area contributed by atoms with Crippen LogP contribution in [0.2, 0.25) is 0 Å². The fraction of sp³-hybridized carbons (Fsp3) is 0.238. The second kappa shape index (κ2) is 6.33. The molecule has 3 aromatic rings. The summed E-state index contributed by atoms with van der Waals surface area (Å²) in [4.78, 5) is 9.76. The number of aryl methyl sites for hydroxylation is 2. The molecule has 0 spiro atoms. The van der Waals surface area contributed by atoms with Gasteiger partial charge in [0.2, 0.25) is 0 Å². The highest BCUT2D eigenvalue weighted by atomic mass is 16.3. The van der Waals surface area contributed by atoms with Crippen LogP contribution in [0.1, 0.15) is 22.5 Å². The van der Waals surface area contributed by atoms with E-state index >= 15 is 0 Å². The standard InChI is InChI=1S/C21H22N4O/c1-13-10-16-17(11-14(13)2)24-21(23-16)19-18(26)12-25(20(19)22)9-8-15-6-4-3-5-7-15/h3-7,10-11,22,26H,8-9,12H2,1-2H3,(H,23,24). The van der Waals surface area contributed by atoms with Gasteiger partial charge in [-0.05, 0) is 49.1 Å². The van der Waals surface area contributed by atoms with Crippen LogP contribution in [0.5, 0.6) is 0 Å². The Kier molecular flexibility index (Phi) is 3.99. The summed E-state index contributed by atoms with van der Waals surface area (Å²) < 4.78 is 0. The van der Waals surface area contributed by atoms with Crippen LogP contribution in [0.15, 0.2) is 48.2 Å². The Morgan fingerprint density at radius 1 is 1.15 bits per heavy atom. The first kappa shape index (κ1) is 16.4. The zero-order chi connectivity index (χ0) is 18.3. The topological polar surface area (TPSA) is 76.0 Å². The van der Waals surface area contributed by atoms with Gasteiger partial charge in [0.1, 0.15) is 17.4 Å². The van der Waals surface area contributed by atoms with Crippen molar-refractivity contribution in [3.8, 4) is 0 Å². The van der Waals surface area contributed by atoms with Gasteiger partial charge in [0.25, 0.3) is 0 Å². The van der Waals surface area contributed by atoms with E-state index in [1.165, 1.54) is 16.7 Å². The zero-order valence-corrected chi connectivity index (χ0v) is 15.0. The summed E-state index contributed by atoms with van der Waals surface area (Å²) in [7, 11) is 0. The van der Waals surface area contributed by atoms with E-state index in [4.69, 9.17) is 5.41 Å². The first-order valence-corrected chi connectivity index (χ1v) is 8.80. The zero-order valence-electron chi connectivity index (χ0n) is 15.0. The predicted octanol–water partition coefficient (Wildman–Crippen LogP) is 3.98. The number of aromatic nitrogens is 2. The van der Waals surface area contributed by atoms with Crippen LogP contribution in [-0.4, -0.2) is 38.9 Å². The average molecular weight is 346 g/mol. The monoisotopic (exact) mass is 346 g/mol. The van der Waals surface area contributed by atoms with Crippen LogP contribution in [0.3, 0.4) is 0 Å². The molecule has 2 heterocycles. The largest absolute Gasteiger partial charge is 0.510 e. The minimum absolute atomic E-state index is 0.204. The minimum Gasteiger partial charge on any atom is -0.510 e. The van der Waals surface area contributed by atoms with Crippen LogP contribution >= 0.6 is 0 Å². The molecule has 4 rings (SSSR count). The molecule has 0 radical (unpaired) electrons. The van der Waals surface area contributed by atoms with E-state index in [2.05, 4.69) is 42.0 Å². The smallest absolute Gasteiger partial charge is 0.145 e. The number of nitrogens with zero attached hydrogens (tertiary/aromatic N) is 2. The number of H-pyrrole nitrogens is 1. The van der Waals surface area contributed by atoms with E-state index in [1.807, 2.05) is 29.2 Å². The number of fused-ring (bicyclic) bond motifs is 1. The van der Waals surface area contributed by atoms with Crippen molar-refractivity contribution in [1.29, 1.82) is 5.41 Å². The van der Waals surface area contributed by atoms with E-state index in [-0.39, 0.29) is 5.76 Å². The average Bonchev–Trinajstić information content (AvgIpc) is 3.14. The molecule has 1 aromatic heterocycles. The van der Waals surface area contributed by atoms with Gasteiger partial charge in [-0.1, -0.05) is 30.3 Å². The summed E-state index contributed by atoms with van der Waals surface area (Å²) >= 11 is 0. The highest BCUT2D eigenvalue weighted by molar-refractivity contribution is 6.23. The van der Waals surface area contributed by atoms with Crippen molar-refractivity contribution < 1.29 is 5.11 Å². The van der Waals surface area contributed by atoms with Gasteiger partial charge in [0, 0.05) is 6.54 Å². The van der Waals surface area contributed by atoms with Crippen molar-refractivity contribution in [3.05, 3.63) is 70.7 Å². The maximum absolute atomic E-state index is 10.5. The van der Waals surface area contributed by atoms with Crippen molar-refractivity contribution in [2.45, 2.75) is 20.3 Å². The van der Waals surface area contributed by atoms with Crippen LogP contribution < -0.4 is 0 Å². The van der Waals surface area contributed by atoms with Gasteiger partial charge in [0.05, 0.1) is 23.2 Å². The maximum Gasteiger partial charge on any atom is 0.145 e. The van der Waals surface area contributed by atoms with Crippen LogP contribution in [0.4, 0.5) is 0 Å². The molecule has 0 atom stereocenters. The molecule has 5 nitrogen and oxygen atoms in total. The second-order valence-corrected chi connectivity index (χ2v) is 6.87. The van der Waals surface area contributed by atoms with Gasteiger partial charge in [-0.3, -0.25) is 5.41 Å². The number of aliphatic hydroxyl groups excluding tert-OH is 1. The molecule has 1 aliphatic heterocycles. The Morgan fingerprint density at radius 3 is 2.65 bits per heavy atom. The quantitative estimate of drug-likeness (QED) is 0.669. The Morgan fingerprint density at radius 2 is 1.88 bits per heavy atom. The number of amidine groups is 1. The first-order chi connectivity index (χ1) is 12.5. The molecule has 0 aliphatic carbocycles. The van der Waals surface area contributed by atoms with Gasteiger partial charge >= 0.3 is 0 Å². The minimum atomic E-state index is 0.204. The van der Waals surface area contributed by atoms with Crippen molar-refractivity contribution in [3.63, 3.8) is 0 Å². The van der Waals surface area contributed by atoms with Gasteiger partial charge in [-0.25, -0.2) is 4.98 Å². The van der Waals surface area contributed by atoms with Crippen LogP contribution in [0.25, 0.3) is 16.6 Å². The number of hydrogen-bond donors (Lipinski definition) is 3. The number of aliphatic hydroxyl groups is 1. The molecule has 1 aliphatic rings. The number of aromatic amines is 1. The summed E-state index contributed by atoms with van der Waals surface area (Å²) in [6, 6.07) is 14.3. The predicted molar refractivity (Wildman–Crippen MR) is 105 cm³/mol. The molecule has 0 saturated heterocycles. The van der Waals surface area contributed by atoms with Crippen molar-refractivity contribution in [2.75, 3.05) is 13.1 Å². The fourth-order valence-electron chi connectivity index (χ4n) is 3.37. The first-order valence-electron chi connectivity index (χ1n) is 8.80. The molecule has 2 aromatic carbocycles. The number of nitrogens with one attached hydrogen (secondary N) is 2. The summed E-state index contributed by atoms with van der Waals surface area (Å²) in [5, 5.41) is 19.0. The lowest BCUT2D eigenvalue weighted by Gasteiger charge is -2.18. The molecule has 5 heteroatoms. The van der Waals surface area contributed by atoms with Gasteiger partial charge in [0.15, 0.2) is 0 Å². The van der Waals surface area contributed by atoms with E-state index < -0.39 is 0 Å². The van der Waals surface area contributed by atoms with Gasteiger partial charge < -0.3 is 15.0 Å². The third kappa shape index (κ3) is 2.86. The fourth-order valence-corrected chi connectivity index (χ4v) is 3.37. The van der Waals surface area contributed by atoms with E-state index in [0.29, 0.717) is 30.3 Å². The number of imidazole rings is 1. The lowest BCUT2D eigenvalue weighted by molar-refractivity contribution is 0.351. The number of benzene rings is 2. The van der Waals surface area contributed by atoms with Crippen LogP contribution in [-0.2, 0) is 6.42 Å². The normalized spacial score (nSPS) is 14.7. The molecule has 0 amide bonds. The summed E-state index contributed by atoms with van der Waals surface area (Å²) in [5.41, 5.74) is 5.89. The maximum atomic E-state index is 10.5. The van der Waals surface area contributed by atoms with E-state index in [1.54, 1.807) is 0 Å². The van der Waals surface area contributed by atoms with Crippen molar-refractivity contribution >= 4 is 22.4 Å². The molecular formula is C21H22N4O. The Labute approximate surface area is 152 Å². The summed E-state index contributed by atoms with van der Waals surface area (Å²) in [6.45, 7) is 5.17. The third-order valence-corrected chi connectivity index (χ3v) is 5.03. The van der Waals surface area contributed by atoms with Crippen molar-refractivity contribution in [1.82, 2.24) is 14.9 Å². The van der Waals surface area contributed by atoms with E-state index in [9.17, 15) is 5.11 Å². The second-order valence-electron chi connectivity index (χ2n) is 6.87. The Hall–Kier alpha value is -3.08. The van der Waals surface area contributed by atoms with Crippen LogP contribution in [0, 0.1) is 19.3 Å². The third-order valence-electron chi connectivity index (χ3n) is 5.03. The Bertz CT molecular complexity index is 978. The molecule has 3 N–H and O–H groups in total. The molecule has 0 bridgehead atoms. The highest BCUT2D eigenvalue weighted by Gasteiger charge is 2.30. The van der Waals surface area contributed by atoms with Crippen molar-refractivity contribution in [2.24, 2.45) is 0 Å². The summed E-state index contributed by atoms with van der Waals surface area (Å²) in [5.74, 6) is 1.09. The van der Waals surface area contributed by atoms with E-state index in [0.717, 1.165) is 17.5 Å². The lowest BCUT2D eigenvalue weighted by Crippen LogP contribution is -2.29. The lowest BCUT2D eigenvalue weighted by atomic mass is 10.1. The molecule has 0 unspecified atom stereocenters. The Balaban J connectivity index is 1.57. The molecule has 26 heavy (non-hydrogen) atoms. The molecule has 132 valence electrons. The molecular weight excluding hydrogens is 324 g/mol. The summed E-state index contributed by atoms with van der Waals surface area (Å²) in [6.07, 6.45) is 0.836.